The maximum absolute atomic E-state index is 13.0. The zero-order valence-electron chi connectivity index (χ0n) is 9.35. The van der Waals surface area contributed by atoms with E-state index >= 15 is 0 Å². The van der Waals surface area contributed by atoms with Crippen molar-refractivity contribution in [1.82, 2.24) is 0 Å². The number of rotatable bonds is 3. The Morgan fingerprint density at radius 1 is 1.00 bits per heavy atom. The van der Waals surface area contributed by atoms with Gasteiger partial charge in [-0.15, -0.1) is 5.69 Å². The molecule has 0 spiro atoms. The Hall–Kier alpha value is -1.30. The summed E-state index contributed by atoms with van der Waals surface area (Å²) in [5.41, 5.74) is 0.0568. The van der Waals surface area contributed by atoms with Crippen molar-refractivity contribution in [2.45, 2.75) is 4.90 Å². The van der Waals surface area contributed by atoms with E-state index < -0.39 is 15.8 Å². The van der Waals surface area contributed by atoms with Crippen LogP contribution in [0.15, 0.2) is 47.4 Å². The van der Waals surface area contributed by atoms with Gasteiger partial charge in [-0.2, -0.15) is 0 Å². The molecule has 0 fully saturated rings. The van der Waals surface area contributed by atoms with Crippen LogP contribution in [0.4, 0.5) is 10.1 Å². The molecule has 2 rings (SSSR count). The van der Waals surface area contributed by atoms with E-state index in [0.717, 1.165) is 12.1 Å². The third-order valence-corrected chi connectivity index (χ3v) is 4.10. The Kier molecular flexibility index (Phi) is 3.99. The molecule has 0 aromatic heterocycles. The number of hydrogen-bond donors (Lipinski definition) is 0. The Balaban J connectivity index is 2.30. The van der Waals surface area contributed by atoms with Gasteiger partial charge in [0.15, 0.2) is 0 Å². The van der Waals surface area contributed by atoms with Crippen LogP contribution in [-0.4, -0.2) is 8.42 Å². The Morgan fingerprint density at radius 2 is 1.63 bits per heavy atom. The van der Waals surface area contributed by atoms with Gasteiger partial charge in [0.1, 0.15) is 15.8 Å². The van der Waals surface area contributed by atoms with Crippen LogP contribution in [0.3, 0.4) is 0 Å². The molecule has 19 heavy (non-hydrogen) atoms. The van der Waals surface area contributed by atoms with Gasteiger partial charge in [0, 0.05) is 5.02 Å². The first kappa shape index (κ1) is 14.1. The second-order valence-corrected chi connectivity index (χ2v) is 6.07. The largest absolute Gasteiger partial charge is 0.573 e. The predicted molar refractivity (Wildman–Crippen MR) is 73.1 cm³/mol. The lowest BCUT2D eigenvalue weighted by Gasteiger charge is -2.22. The number of hydrogen-bond acceptors (Lipinski definition) is 2. The summed E-state index contributed by atoms with van der Waals surface area (Å²) in [5, 5.41) is 0.233. The van der Waals surface area contributed by atoms with E-state index in [2.05, 4.69) is 4.72 Å². The van der Waals surface area contributed by atoms with Crippen LogP contribution in [0.5, 0.6) is 0 Å². The molecular formula is C12H7Cl2FNO2S-. The predicted octanol–water partition coefficient (Wildman–Crippen LogP) is 4.53. The maximum Gasteiger partial charge on any atom is 0.141 e. The molecule has 0 aliphatic heterocycles. The molecule has 0 unspecified atom stereocenters. The van der Waals surface area contributed by atoms with E-state index in [1.165, 1.54) is 30.3 Å². The first-order chi connectivity index (χ1) is 8.88. The molecule has 3 nitrogen and oxygen atoms in total. The minimum Gasteiger partial charge on any atom is -0.573 e. The van der Waals surface area contributed by atoms with Gasteiger partial charge in [-0.05, 0) is 30.3 Å². The lowest BCUT2D eigenvalue weighted by atomic mass is 10.3. The Morgan fingerprint density at radius 3 is 2.21 bits per heavy atom. The second-order valence-electron chi connectivity index (χ2n) is 3.62. The highest BCUT2D eigenvalue weighted by Gasteiger charge is 2.05. The third-order valence-electron chi connectivity index (χ3n) is 2.24. The van der Waals surface area contributed by atoms with Crippen LogP contribution in [0.2, 0.25) is 10.0 Å². The maximum atomic E-state index is 13.0. The molecule has 100 valence electrons. The van der Waals surface area contributed by atoms with E-state index in [9.17, 15) is 12.8 Å². The summed E-state index contributed by atoms with van der Waals surface area (Å²) < 4.78 is 40.5. The van der Waals surface area contributed by atoms with Gasteiger partial charge in [0.05, 0.1) is 9.92 Å². The van der Waals surface area contributed by atoms with Crippen LogP contribution in [0.1, 0.15) is 0 Å². The first-order valence-corrected chi connectivity index (χ1v) is 7.27. The van der Waals surface area contributed by atoms with E-state index in [4.69, 9.17) is 23.2 Å². The van der Waals surface area contributed by atoms with Crippen molar-refractivity contribution in [2.75, 3.05) is 0 Å². The van der Waals surface area contributed by atoms with Gasteiger partial charge in [-0.1, -0.05) is 35.3 Å². The third kappa shape index (κ3) is 3.37. The summed E-state index contributed by atoms with van der Waals surface area (Å²) >= 11 is 11.2. The fraction of sp³-hybridized carbons (Fsp3) is 0. The van der Waals surface area contributed by atoms with E-state index in [-0.39, 0.29) is 15.6 Å². The Bertz CT molecular complexity index is 702. The zero-order chi connectivity index (χ0) is 14.0. The summed E-state index contributed by atoms with van der Waals surface area (Å²) in [6.07, 6.45) is 0. The fourth-order valence-electron chi connectivity index (χ4n) is 1.34. The normalized spacial score (nSPS) is 11.3. The van der Waals surface area contributed by atoms with Crippen LogP contribution < -0.4 is 0 Å². The van der Waals surface area contributed by atoms with Crippen molar-refractivity contribution in [2.24, 2.45) is 0 Å². The quantitative estimate of drug-likeness (QED) is 0.834. The highest BCUT2D eigenvalue weighted by atomic mass is 35.5. The molecule has 0 bridgehead atoms. The van der Waals surface area contributed by atoms with Crippen molar-refractivity contribution >= 4 is 38.9 Å². The topological polar surface area (TPSA) is 48.2 Å². The average Bonchev–Trinajstić information content (AvgIpc) is 2.34. The van der Waals surface area contributed by atoms with E-state index in [1.54, 1.807) is 0 Å². The molecule has 0 amide bonds. The average molecular weight is 319 g/mol. The van der Waals surface area contributed by atoms with Crippen LogP contribution in [-0.2, 0) is 10.0 Å². The summed E-state index contributed by atoms with van der Waals surface area (Å²) in [5.74, 6) is -0.635. The van der Waals surface area contributed by atoms with Gasteiger partial charge in [0.25, 0.3) is 0 Å². The SMILES string of the molecule is O=S(=O)([N-]c1ccc(F)c(Cl)c1)c1ccc(Cl)cc1. The summed E-state index contributed by atoms with van der Waals surface area (Å²) in [6.45, 7) is 0. The van der Waals surface area contributed by atoms with Gasteiger partial charge >= 0.3 is 0 Å². The smallest absolute Gasteiger partial charge is 0.141 e. The molecule has 0 heterocycles. The molecule has 2 aromatic carbocycles. The monoisotopic (exact) mass is 318 g/mol. The molecule has 2 aromatic rings. The molecule has 0 saturated carbocycles. The van der Waals surface area contributed by atoms with Gasteiger partial charge in [0.2, 0.25) is 0 Å². The molecule has 0 saturated heterocycles. The van der Waals surface area contributed by atoms with Gasteiger partial charge < -0.3 is 4.72 Å². The fourth-order valence-corrected chi connectivity index (χ4v) is 2.62. The Labute approximate surface area is 120 Å². The standard InChI is InChI=1S/C12H7Cl2FNO2S/c13-8-1-4-10(5-2-8)19(17,18)16-9-3-6-12(15)11(14)7-9/h1-7H/q-1. The van der Waals surface area contributed by atoms with Crippen molar-refractivity contribution < 1.29 is 12.8 Å². The highest BCUT2D eigenvalue weighted by Crippen LogP contribution is 2.31. The van der Waals surface area contributed by atoms with Crippen molar-refractivity contribution in [1.29, 1.82) is 0 Å². The van der Waals surface area contributed by atoms with Crippen LogP contribution >= 0.6 is 23.2 Å². The number of benzene rings is 2. The first-order valence-electron chi connectivity index (χ1n) is 5.07. The van der Waals surface area contributed by atoms with E-state index in [1.807, 2.05) is 0 Å². The molecule has 0 aliphatic carbocycles. The number of nitrogens with zero attached hydrogens (tertiary/aromatic N) is 1. The lowest BCUT2D eigenvalue weighted by molar-refractivity contribution is 0.603. The summed E-state index contributed by atoms with van der Waals surface area (Å²) in [4.78, 5) is -0.00246. The summed E-state index contributed by atoms with van der Waals surface area (Å²) in [7, 11) is -3.87. The highest BCUT2D eigenvalue weighted by molar-refractivity contribution is 7.94. The van der Waals surface area contributed by atoms with Gasteiger partial charge in [-0.25, -0.2) is 12.8 Å². The van der Waals surface area contributed by atoms with Crippen molar-refractivity contribution in [3.8, 4) is 0 Å². The summed E-state index contributed by atoms with van der Waals surface area (Å²) in [6, 6.07) is 9.00. The lowest BCUT2D eigenvalue weighted by Crippen LogP contribution is -1.97. The minimum absolute atomic E-state index is 0.00246. The van der Waals surface area contributed by atoms with Crippen molar-refractivity contribution in [3.05, 3.63) is 63.0 Å². The van der Waals surface area contributed by atoms with Gasteiger partial charge in [-0.3, -0.25) is 0 Å². The zero-order valence-corrected chi connectivity index (χ0v) is 11.7. The molecule has 0 aliphatic rings. The molecule has 0 N–H and O–H groups in total. The molecule has 0 atom stereocenters. The second kappa shape index (κ2) is 5.36. The molecule has 0 radical (unpaired) electrons. The van der Waals surface area contributed by atoms with E-state index in [0.29, 0.717) is 5.02 Å². The molecular weight excluding hydrogens is 312 g/mol. The van der Waals surface area contributed by atoms with Crippen LogP contribution in [0.25, 0.3) is 4.72 Å². The van der Waals surface area contributed by atoms with Crippen molar-refractivity contribution in [3.63, 3.8) is 0 Å². The number of sulfonamides is 1. The molecule has 7 heteroatoms. The van der Waals surface area contributed by atoms with Crippen LogP contribution in [0, 0.1) is 5.82 Å². The minimum atomic E-state index is -3.87. The number of halogens is 3.